The number of thioether (sulfide) groups is 1. The first-order valence-corrected chi connectivity index (χ1v) is 8.37. The zero-order valence-electron chi connectivity index (χ0n) is 11.8. The monoisotopic (exact) mass is 363 g/mol. The fourth-order valence-corrected chi connectivity index (χ4v) is 3.76. The molecule has 6 heteroatoms. The van der Waals surface area contributed by atoms with Crippen molar-refractivity contribution in [2.75, 3.05) is 12.3 Å². The molecule has 0 unspecified atom stereocenters. The zero-order valence-corrected chi connectivity index (χ0v) is 14.2. The van der Waals surface area contributed by atoms with E-state index < -0.39 is 0 Å². The highest BCUT2D eigenvalue weighted by molar-refractivity contribution is 9.10. The second-order valence-corrected chi connectivity index (χ2v) is 7.35. The van der Waals surface area contributed by atoms with Gasteiger partial charge in [-0.3, -0.25) is 0 Å². The Bertz CT molecular complexity index is 691. The zero-order chi connectivity index (χ0) is 15.0. The van der Waals surface area contributed by atoms with Crippen LogP contribution in [0.25, 0.3) is 5.70 Å². The van der Waals surface area contributed by atoms with Crippen LogP contribution in [0.15, 0.2) is 33.7 Å². The van der Waals surface area contributed by atoms with E-state index in [1.165, 1.54) is 0 Å². The third-order valence-electron chi connectivity index (χ3n) is 3.29. The highest BCUT2D eigenvalue weighted by Crippen LogP contribution is 2.41. The third-order valence-corrected chi connectivity index (χ3v) is 4.74. The summed E-state index contributed by atoms with van der Waals surface area (Å²) in [6, 6.07) is 5.99. The van der Waals surface area contributed by atoms with Crippen LogP contribution in [0.4, 0.5) is 0 Å². The average Bonchev–Trinajstić information content (AvgIpc) is 2.86. The Morgan fingerprint density at radius 2 is 2.29 bits per heavy atom. The number of nitrogens with zero attached hydrogens (tertiary/aromatic N) is 3. The van der Waals surface area contributed by atoms with Crippen LogP contribution >= 0.6 is 27.7 Å². The summed E-state index contributed by atoms with van der Waals surface area (Å²) >= 11 is 5.12. The Balaban J connectivity index is 2.12. The van der Waals surface area contributed by atoms with Gasteiger partial charge in [0, 0.05) is 22.3 Å². The van der Waals surface area contributed by atoms with E-state index in [0.717, 1.165) is 38.9 Å². The molecule has 1 aromatic carbocycles. The summed E-state index contributed by atoms with van der Waals surface area (Å²) in [5.41, 5.74) is 1.69. The number of rotatable bonds is 1. The Kier molecular flexibility index (Phi) is 3.72. The number of benzene rings is 1. The maximum atomic E-state index is 8.86. The molecule has 0 radical (unpaired) electrons. The highest BCUT2D eigenvalue weighted by atomic mass is 79.9. The predicted octanol–water partition coefficient (Wildman–Crippen LogP) is 3.85. The number of fused-ring (bicyclic) bond motifs is 1. The molecule has 1 fully saturated rings. The summed E-state index contributed by atoms with van der Waals surface area (Å²) in [6.45, 7) is 4.91. The Hall–Kier alpha value is -1.45. The van der Waals surface area contributed by atoms with Crippen LogP contribution in [-0.2, 0) is 0 Å². The second-order valence-electron chi connectivity index (χ2n) is 5.37. The molecule has 0 N–H and O–H groups in total. The molecular formula is C15H14BrN3OS. The summed E-state index contributed by atoms with van der Waals surface area (Å²) in [7, 11) is 0. The lowest BCUT2D eigenvalue weighted by molar-refractivity contribution is 0.156. The first-order chi connectivity index (χ1) is 10.00. The van der Waals surface area contributed by atoms with Crippen LogP contribution in [0.3, 0.4) is 0 Å². The maximum Gasteiger partial charge on any atom is 0.208 e. The number of hydrogen-bond donors (Lipinski definition) is 0. The van der Waals surface area contributed by atoms with Crippen molar-refractivity contribution in [2.45, 2.75) is 19.4 Å². The summed E-state index contributed by atoms with van der Waals surface area (Å²) in [4.78, 5) is 6.04. The van der Waals surface area contributed by atoms with Crippen LogP contribution < -0.4 is 4.74 Å². The van der Waals surface area contributed by atoms with E-state index >= 15 is 0 Å². The van der Waals surface area contributed by atoms with E-state index in [9.17, 15) is 0 Å². The third kappa shape index (κ3) is 2.81. The minimum Gasteiger partial charge on any atom is -0.483 e. The number of halogens is 1. The van der Waals surface area contributed by atoms with Crippen LogP contribution in [-0.4, -0.2) is 28.0 Å². The van der Waals surface area contributed by atoms with Crippen LogP contribution in [0, 0.1) is 11.5 Å². The molecule has 4 nitrogen and oxygen atoms in total. The number of amidine groups is 1. The summed E-state index contributed by atoms with van der Waals surface area (Å²) < 4.78 is 7.02. The highest BCUT2D eigenvalue weighted by Gasteiger charge is 2.33. The van der Waals surface area contributed by atoms with E-state index in [1.54, 1.807) is 11.8 Å². The summed E-state index contributed by atoms with van der Waals surface area (Å²) in [5.74, 6) is 1.79. The van der Waals surface area contributed by atoms with Gasteiger partial charge in [-0.2, -0.15) is 5.26 Å². The Morgan fingerprint density at radius 3 is 3.05 bits per heavy atom. The molecule has 2 aliphatic rings. The molecule has 2 heterocycles. The van der Waals surface area contributed by atoms with Crippen LogP contribution in [0.2, 0.25) is 0 Å². The molecule has 0 saturated carbocycles. The van der Waals surface area contributed by atoms with Crippen molar-refractivity contribution in [3.8, 4) is 11.9 Å². The van der Waals surface area contributed by atoms with E-state index in [2.05, 4.69) is 31.9 Å². The average molecular weight is 364 g/mol. The van der Waals surface area contributed by atoms with E-state index in [-0.39, 0.29) is 5.60 Å². The number of aliphatic imine (C=N–C) groups is 1. The quantitative estimate of drug-likeness (QED) is 0.711. The van der Waals surface area contributed by atoms with Crippen molar-refractivity contribution in [3.05, 3.63) is 34.3 Å². The van der Waals surface area contributed by atoms with Crippen LogP contribution in [0.5, 0.6) is 5.75 Å². The Labute approximate surface area is 136 Å². The van der Waals surface area contributed by atoms with Crippen molar-refractivity contribution in [1.29, 1.82) is 5.26 Å². The lowest BCUT2D eigenvalue weighted by Crippen LogP contribution is -2.34. The largest absolute Gasteiger partial charge is 0.483 e. The van der Waals surface area contributed by atoms with E-state index in [0.29, 0.717) is 0 Å². The normalized spacial score (nSPS) is 21.5. The molecule has 0 aromatic heterocycles. The fourth-order valence-electron chi connectivity index (χ4n) is 2.50. The van der Waals surface area contributed by atoms with Gasteiger partial charge in [0.15, 0.2) is 5.17 Å². The molecule has 0 bridgehead atoms. The maximum absolute atomic E-state index is 8.86. The van der Waals surface area contributed by atoms with Gasteiger partial charge in [-0.1, -0.05) is 27.7 Å². The molecule has 2 aliphatic heterocycles. The summed E-state index contributed by atoms with van der Waals surface area (Å²) in [5, 5.41) is 9.61. The van der Waals surface area contributed by atoms with E-state index in [4.69, 9.17) is 10.00 Å². The fraction of sp³-hybridized carbons (Fsp3) is 0.333. The van der Waals surface area contributed by atoms with Crippen LogP contribution in [0.1, 0.15) is 19.4 Å². The van der Waals surface area contributed by atoms with Gasteiger partial charge in [-0.25, -0.2) is 0 Å². The Morgan fingerprint density at radius 1 is 1.48 bits per heavy atom. The second kappa shape index (κ2) is 5.39. The van der Waals surface area contributed by atoms with Gasteiger partial charge in [-0.15, -0.1) is 4.99 Å². The topological polar surface area (TPSA) is 48.6 Å². The molecule has 0 atom stereocenters. The molecule has 21 heavy (non-hydrogen) atoms. The van der Waals surface area contributed by atoms with Gasteiger partial charge < -0.3 is 9.64 Å². The van der Waals surface area contributed by atoms with Crippen molar-refractivity contribution < 1.29 is 4.74 Å². The van der Waals surface area contributed by atoms with Gasteiger partial charge in [0.1, 0.15) is 11.4 Å². The summed E-state index contributed by atoms with van der Waals surface area (Å²) in [6.07, 6.45) is 3.99. The SMILES string of the molecule is CC1(C)C=C(N2CCSC2=NC#N)c2cc(Br)ccc2O1. The predicted molar refractivity (Wildman–Crippen MR) is 89.0 cm³/mol. The van der Waals surface area contributed by atoms with Crippen molar-refractivity contribution in [2.24, 2.45) is 4.99 Å². The smallest absolute Gasteiger partial charge is 0.208 e. The molecule has 0 aliphatic carbocycles. The molecule has 3 rings (SSSR count). The van der Waals surface area contributed by atoms with Crippen molar-refractivity contribution >= 4 is 38.6 Å². The van der Waals surface area contributed by atoms with Gasteiger partial charge in [0.25, 0.3) is 0 Å². The lowest BCUT2D eigenvalue weighted by atomic mass is 9.98. The minimum atomic E-state index is -0.388. The van der Waals surface area contributed by atoms with Gasteiger partial charge in [0.05, 0.1) is 5.70 Å². The molecule has 108 valence electrons. The van der Waals surface area contributed by atoms with Crippen molar-refractivity contribution in [3.63, 3.8) is 0 Å². The van der Waals surface area contributed by atoms with Gasteiger partial charge in [-0.05, 0) is 38.1 Å². The van der Waals surface area contributed by atoms with Gasteiger partial charge >= 0.3 is 0 Å². The van der Waals surface area contributed by atoms with Crippen molar-refractivity contribution in [1.82, 2.24) is 4.90 Å². The minimum absolute atomic E-state index is 0.388. The molecule has 1 saturated heterocycles. The molecular weight excluding hydrogens is 350 g/mol. The number of hydrogen-bond acceptors (Lipinski definition) is 4. The number of nitriles is 1. The molecule has 0 spiro atoms. The lowest BCUT2D eigenvalue weighted by Gasteiger charge is -2.34. The standard InChI is InChI=1S/C15H14BrN3OS/c1-15(2)8-12(19-5-6-21-14(19)18-9-17)11-7-10(16)3-4-13(11)20-15/h3-4,7-8H,5-6H2,1-2H3. The van der Waals surface area contributed by atoms with E-state index in [1.807, 2.05) is 38.2 Å². The molecule has 0 amide bonds. The first-order valence-electron chi connectivity index (χ1n) is 6.59. The molecule has 1 aromatic rings. The number of ether oxygens (including phenoxy) is 1. The van der Waals surface area contributed by atoms with Gasteiger partial charge in [0.2, 0.25) is 6.19 Å². The first kappa shape index (κ1) is 14.5.